The van der Waals surface area contributed by atoms with Gasteiger partial charge in [0.05, 0.1) is 29.3 Å². The van der Waals surface area contributed by atoms with E-state index in [0.29, 0.717) is 10.0 Å². The van der Waals surface area contributed by atoms with Crippen molar-refractivity contribution in [2.45, 2.75) is 77.7 Å². The van der Waals surface area contributed by atoms with E-state index in [0.717, 1.165) is 11.1 Å². The molecule has 0 unspecified atom stereocenters. The van der Waals surface area contributed by atoms with Crippen molar-refractivity contribution in [3.63, 3.8) is 0 Å². The lowest BCUT2D eigenvalue weighted by molar-refractivity contribution is -0.0172. The number of anilines is 1. The van der Waals surface area contributed by atoms with Gasteiger partial charge in [0.25, 0.3) is 0 Å². The minimum Gasteiger partial charge on any atom is -0.444 e. The highest BCUT2D eigenvalue weighted by molar-refractivity contribution is 9.10. The van der Waals surface area contributed by atoms with Crippen molar-refractivity contribution in [2.24, 2.45) is 5.92 Å². The summed E-state index contributed by atoms with van der Waals surface area (Å²) >= 11 is 3.22. The minimum atomic E-state index is -3.65. The Balaban J connectivity index is 1.99. The molecule has 1 aliphatic heterocycles. The van der Waals surface area contributed by atoms with E-state index in [1.165, 1.54) is 11.0 Å². The van der Waals surface area contributed by atoms with Crippen LogP contribution in [-0.2, 0) is 33.0 Å². The van der Waals surface area contributed by atoms with Gasteiger partial charge in [0.2, 0.25) is 0 Å². The second-order valence-corrected chi connectivity index (χ2v) is 15.1. The van der Waals surface area contributed by atoms with Crippen LogP contribution >= 0.6 is 15.9 Å². The van der Waals surface area contributed by atoms with E-state index in [1.54, 1.807) is 26.8 Å². The zero-order valence-electron chi connectivity index (χ0n) is 22.8. The molecule has 3 N–H and O–H groups in total. The highest BCUT2D eigenvalue weighted by Gasteiger charge is 2.44. The number of rotatable bonds is 5. The topological polar surface area (TPSA) is 110 Å². The molecular formula is C28H38BrFN2O5S. The lowest BCUT2D eigenvalue weighted by atomic mass is 9.86. The van der Waals surface area contributed by atoms with Gasteiger partial charge in [-0.3, -0.25) is 4.90 Å². The van der Waals surface area contributed by atoms with Gasteiger partial charge in [-0.1, -0.05) is 45.0 Å². The van der Waals surface area contributed by atoms with Crippen LogP contribution in [0.1, 0.15) is 58.2 Å². The Labute approximate surface area is 233 Å². The third-order valence-corrected chi connectivity index (χ3v) is 9.02. The molecule has 3 atom stereocenters. The van der Waals surface area contributed by atoms with Crippen LogP contribution in [0, 0.1) is 11.7 Å². The van der Waals surface area contributed by atoms with Gasteiger partial charge in [-0.15, -0.1) is 0 Å². The first-order chi connectivity index (χ1) is 17.4. The van der Waals surface area contributed by atoms with Gasteiger partial charge in [-0.2, -0.15) is 0 Å². The third-order valence-electron chi connectivity index (χ3n) is 6.58. The zero-order valence-corrected chi connectivity index (χ0v) is 25.2. The smallest absolute Gasteiger partial charge is 0.410 e. The fourth-order valence-electron chi connectivity index (χ4n) is 4.65. The van der Waals surface area contributed by atoms with E-state index >= 15 is 0 Å². The fraction of sp³-hybridized carbons (Fsp3) is 0.536. The maximum absolute atomic E-state index is 14.3. The van der Waals surface area contributed by atoms with Crippen molar-refractivity contribution in [1.82, 2.24) is 4.90 Å². The molecule has 1 heterocycles. The number of nitrogen functional groups attached to an aromatic ring is 1. The van der Waals surface area contributed by atoms with Gasteiger partial charge in [-0.05, 0) is 77.4 Å². The SMILES string of the molecule is CC(C)(C)OC(=O)N(Cc1cccc(C(C)(C)C)c1)[C@H]1CS(=O)(=O)C[C@@H](Cc2cc(F)c(N)c(Br)c2)[C@@H]1O. The quantitative estimate of drug-likeness (QED) is 0.448. The number of halogens is 2. The Kier molecular flexibility index (Phi) is 8.90. The molecule has 1 fully saturated rings. The summed E-state index contributed by atoms with van der Waals surface area (Å²) in [4.78, 5) is 14.7. The third kappa shape index (κ3) is 7.70. The average molecular weight is 614 g/mol. The lowest BCUT2D eigenvalue weighted by Gasteiger charge is -2.41. The number of hydrogen-bond donors (Lipinski definition) is 2. The molecule has 0 spiro atoms. The standard InChI is InChI=1S/C28H38BrFN2O5S/c1-27(2,3)20-9-7-8-17(11-20)14-32(26(34)37-28(4,5)6)23-16-38(35,36)15-19(25(23)33)10-18-12-21(29)24(31)22(30)13-18/h7-9,11-13,19,23,25,33H,10,14-16,31H2,1-6H3/t19-,23+,25+/m1/s1. The summed E-state index contributed by atoms with van der Waals surface area (Å²) in [6.45, 7) is 11.5. The molecule has 210 valence electrons. The molecule has 0 bridgehead atoms. The number of amides is 1. The number of aliphatic hydroxyl groups excluding tert-OH is 1. The number of hydrogen-bond acceptors (Lipinski definition) is 6. The zero-order chi connectivity index (χ0) is 28.6. The van der Waals surface area contributed by atoms with E-state index in [9.17, 15) is 22.7 Å². The van der Waals surface area contributed by atoms with E-state index in [-0.39, 0.29) is 29.8 Å². The largest absolute Gasteiger partial charge is 0.444 e. The highest BCUT2D eigenvalue weighted by Crippen LogP contribution is 2.32. The van der Waals surface area contributed by atoms with Crippen molar-refractivity contribution < 1.29 is 27.4 Å². The average Bonchev–Trinajstić information content (AvgIpc) is 2.76. The van der Waals surface area contributed by atoms with Crippen LogP contribution in [0.2, 0.25) is 0 Å². The van der Waals surface area contributed by atoms with Crippen LogP contribution in [0.4, 0.5) is 14.9 Å². The molecule has 0 radical (unpaired) electrons. The fourth-order valence-corrected chi connectivity index (χ4v) is 7.13. The second kappa shape index (κ2) is 11.1. The molecule has 2 aromatic carbocycles. The minimum absolute atomic E-state index is 0.0444. The van der Waals surface area contributed by atoms with E-state index < -0.39 is 51.2 Å². The van der Waals surface area contributed by atoms with Gasteiger partial charge in [0.1, 0.15) is 11.4 Å². The summed E-state index contributed by atoms with van der Waals surface area (Å²) in [7, 11) is -3.65. The second-order valence-electron chi connectivity index (χ2n) is 12.1. The molecule has 0 aliphatic carbocycles. The van der Waals surface area contributed by atoms with Crippen LogP contribution in [0.3, 0.4) is 0 Å². The maximum atomic E-state index is 14.3. The van der Waals surface area contributed by atoms with Crippen LogP contribution in [0.5, 0.6) is 0 Å². The van der Waals surface area contributed by atoms with Crippen LogP contribution in [0.15, 0.2) is 40.9 Å². The Hall–Kier alpha value is -2.17. The molecule has 2 aromatic rings. The van der Waals surface area contributed by atoms with Crippen molar-refractivity contribution >= 4 is 37.5 Å². The predicted molar refractivity (Wildman–Crippen MR) is 151 cm³/mol. The number of benzene rings is 2. The van der Waals surface area contributed by atoms with Crippen molar-refractivity contribution in [1.29, 1.82) is 0 Å². The van der Waals surface area contributed by atoms with Crippen molar-refractivity contribution in [3.05, 3.63) is 63.4 Å². The summed E-state index contributed by atoms with van der Waals surface area (Å²) < 4.78 is 46.4. The van der Waals surface area contributed by atoms with Gasteiger partial charge >= 0.3 is 6.09 Å². The number of sulfone groups is 1. The number of ether oxygens (including phenoxy) is 1. The summed E-state index contributed by atoms with van der Waals surface area (Å²) in [5.74, 6) is -2.08. The number of carbonyl (C=O) groups is 1. The summed E-state index contributed by atoms with van der Waals surface area (Å²) in [5.41, 5.74) is 7.03. The Bertz CT molecular complexity index is 1260. The molecule has 38 heavy (non-hydrogen) atoms. The molecule has 3 rings (SSSR count). The van der Waals surface area contributed by atoms with Crippen LogP contribution in [-0.4, -0.2) is 53.8 Å². The Morgan fingerprint density at radius 2 is 1.79 bits per heavy atom. The Morgan fingerprint density at radius 1 is 1.13 bits per heavy atom. The molecule has 10 heteroatoms. The summed E-state index contributed by atoms with van der Waals surface area (Å²) in [5, 5.41) is 11.5. The van der Waals surface area contributed by atoms with Gasteiger partial charge in [-0.25, -0.2) is 17.6 Å². The molecule has 7 nitrogen and oxygen atoms in total. The molecular weight excluding hydrogens is 575 g/mol. The molecule has 1 aliphatic rings. The van der Waals surface area contributed by atoms with Crippen molar-refractivity contribution in [3.8, 4) is 0 Å². The molecule has 1 amide bonds. The van der Waals surface area contributed by atoms with E-state index in [4.69, 9.17) is 10.5 Å². The van der Waals surface area contributed by atoms with Crippen LogP contribution in [0.25, 0.3) is 0 Å². The van der Waals surface area contributed by atoms with Crippen LogP contribution < -0.4 is 5.73 Å². The maximum Gasteiger partial charge on any atom is 0.410 e. The summed E-state index contributed by atoms with van der Waals surface area (Å²) in [6.07, 6.45) is -1.80. The molecule has 0 aromatic heterocycles. The molecule has 1 saturated heterocycles. The summed E-state index contributed by atoms with van der Waals surface area (Å²) in [6, 6.07) is 9.55. The van der Waals surface area contributed by atoms with Crippen molar-refractivity contribution in [2.75, 3.05) is 17.2 Å². The normalized spacial score (nSPS) is 21.7. The number of aliphatic hydroxyl groups is 1. The van der Waals surface area contributed by atoms with Gasteiger partial charge < -0.3 is 15.6 Å². The van der Waals surface area contributed by atoms with Gasteiger partial charge in [0, 0.05) is 16.9 Å². The first kappa shape index (κ1) is 30.4. The van der Waals surface area contributed by atoms with Gasteiger partial charge in [0.15, 0.2) is 9.84 Å². The lowest BCUT2D eigenvalue weighted by Crippen LogP contribution is -2.58. The molecule has 0 saturated carbocycles. The number of nitrogens with zero attached hydrogens (tertiary/aromatic N) is 1. The Morgan fingerprint density at radius 3 is 2.37 bits per heavy atom. The number of nitrogens with two attached hydrogens (primary N) is 1. The number of carbonyl (C=O) groups excluding carboxylic acids is 1. The van der Waals surface area contributed by atoms with E-state index in [2.05, 4.69) is 36.7 Å². The first-order valence-electron chi connectivity index (χ1n) is 12.6. The van der Waals surface area contributed by atoms with E-state index in [1.807, 2.05) is 24.3 Å². The first-order valence-corrected chi connectivity index (χ1v) is 15.2. The predicted octanol–water partition coefficient (Wildman–Crippen LogP) is 5.22. The highest BCUT2D eigenvalue weighted by atomic mass is 79.9. The monoisotopic (exact) mass is 612 g/mol.